The summed E-state index contributed by atoms with van der Waals surface area (Å²) in [7, 11) is 0. The SMILES string of the molecule is C(COCC1CS1)NCC1CS1. The lowest BCUT2D eigenvalue weighted by Crippen LogP contribution is -2.24. The van der Waals surface area contributed by atoms with Gasteiger partial charge in [0.1, 0.15) is 0 Å². The van der Waals surface area contributed by atoms with Gasteiger partial charge in [-0.25, -0.2) is 0 Å². The summed E-state index contributed by atoms with van der Waals surface area (Å²) in [4.78, 5) is 0. The molecule has 2 heterocycles. The quantitative estimate of drug-likeness (QED) is 0.490. The van der Waals surface area contributed by atoms with E-state index in [-0.39, 0.29) is 0 Å². The first kappa shape index (κ1) is 9.19. The number of nitrogens with one attached hydrogen (secondary N) is 1. The highest BCUT2D eigenvalue weighted by molar-refractivity contribution is 8.07. The topological polar surface area (TPSA) is 21.3 Å². The fourth-order valence-electron chi connectivity index (χ4n) is 0.972. The predicted molar refractivity (Wildman–Crippen MR) is 56.2 cm³/mol. The van der Waals surface area contributed by atoms with Gasteiger partial charge in [0.25, 0.3) is 0 Å². The first-order chi connectivity index (χ1) is 5.95. The Balaban J connectivity index is 1.31. The third-order valence-electron chi connectivity index (χ3n) is 1.90. The molecule has 2 unspecified atom stereocenters. The van der Waals surface area contributed by atoms with Crippen LogP contribution >= 0.6 is 23.5 Å². The molecular formula is C8H15NOS2. The van der Waals surface area contributed by atoms with E-state index in [1.807, 2.05) is 23.5 Å². The van der Waals surface area contributed by atoms with Gasteiger partial charge in [-0.1, -0.05) is 0 Å². The highest BCUT2D eigenvalue weighted by Gasteiger charge is 2.22. The van der Waals surface area contributed by atoms with Crippen molar-refractivity contribution in [1.29, 1.82) is 0 Å². The molecule has 0 saturated carbocycles. The molecule has 0 aromatic rings. The smallest absolute Gasteiger partial charge is 0.0593 e. The van der Waals surface area contributed by atoms with Crippen LogP contribution in [0.5, 0.6) is 0 Å². The predicted octanol–water partition coefficient (Wildman–Crippen LogP) is 0.823. The van der Waals surface area contributed by atoms with E-state index in [4.69, 9.17) is 4.74 Å². The van der Waals surface area contributed by atoms with E-state index in [1.165, 1.54) is 18.1 Å². The fraction of sp³-hybridized carbons (Fsp3) is 1.00. The molecule has 12 heavy (non-hydrogen) atoms. The third-order valence-corrected chi connectivity index (χ3v) is 3.82. The Morgan fingerprint density at radius 2 is 2.00 bits per heavy atom. The lowest BCUT2D eigenvalue weighted by Gasteiger charge is -2.03. The van der Waals surface area contributed by atoms with Crippen molar-refractivity contribution >= 4 is 23.5 Å². The van der Waals surface area contributed by atoms with Gasteiger partial charge in [0.2, 0.25) is 0 Å². The van der Waals surface area contributed by atoms with Crippen molar-refractivity contribution in [2.45, 2.75) is 10.5 Å². The molecule has 0 radical (unpaired) electrons. The molecule has 2 nitrogen and oxygen atoms in total. The number of thioether (sulfide) groups is 2. The van der Waals surface area contributed by atoms with Crippen molar-refractivity contribution in [2.24, 2.45) is 0 Å². The van der Waals surface area contributed by atoms with Crippen LogP contribution in [0.2, 0.25) is 0 Å². The van der Waals surface area contributed by atoms with E-state index < -0.39 is 0 Å². The average molecular weight is 205 g/mol. The summed E-state index contributed by atoms with van der Waals surface area (Å²) in [5.74, 6) is 2.67. The van der Waals surface area contributed by atoms with E-state index >= 15 is 0 Å². The van der Waals surface area contributed by atoms with Gasteiger partial charge in [-0.15, -0.1) is 0 Å². The molecule has 0 aromatic heterocycles. The number of hydrogen-bond acceptors (Lipinski definition) is 4. The highest BCUT2D eigenvalue weighted by atomic mass is 32.2. The van der Waals surface area contributed by atoms with Crippen LogP contribution in [0.1, 0.15) is 0 Å². The van der Waals surface area contributed by atoms with Gasteiger partial charge in [-0.2, -0.15) is 23.5 Å². The lowest BCUT2D eigenvalue weighted by molar-refractivity contribution is 0.144. The van der Waals surface area contributed by atoms with E-state index in [1.54, 1.807) is 0 Å². The molecule has 2 fully saturated rings. The Morgan fingerprint density at radius 3 is 2.67 bits per heavy atom. The molecule has 2 aliphatic heterocycles. The molecule has 0 aromatic carbocycles. The van der Waals surface area contributed by atoms with Gasteiger partial charge in [0.05, 0.1) is 13.2 Å². The molecule has 2 aliphatic rings. The standard InChI is InChI=1S/C8H15NOS2/c1(9-3-7-5-11-7)2-10-4-8-6-12-8/h7-9H,1-6H2. The highest BCUT2D eigenvalue weighted by Crippen LogP contribution is 2.30. The first-order valence-corrected chi connectivity index (χ1v) is 6.56. The molecule has 2 atom stereocenters. The molecule has 0 amide bonds. The summed E-state index contributed by atoms with van der Waals surface area (Å²) >= 11 is 4.04. The lowest BCUT2D eigenvalue weighted by atomic mass is 10.5. The molecule has 70 valence electrons. The summed E-state index contributed by atoms with van der Waals surface area (Å²) in [6.07, 6.45) is 0. The third kappa shape index (κ3) is 4.03. The number of ether oxygens (including phenoxy) is 1. The van der Waals surface area contributed by atoms with Crippen LogP contribution in [0.15, 0.2) is 0 Å². The Labute approximate surface area is 82.2 Å². The second kappa shape index (κ2) is 4.74. The summed E-state index contributed by atoms with van der Waals surface area (Å²) in [5.41, 5.74) is 0. The monoisotopic (exact) mass is 205 g/mol. The van der Waals surface area contributed by atoms with E-state index in [0.29, 0.717) is 0 Å². The van der Waals surface area contributed by atoms with Gasteiger partial charge in [-0.05, 0) is 0 Å². The summed E-state index contributed by atoms with van der Waals surface area (Å²) in [6.45, 7) is 4.04. The molecular weight excluding hydrogens is 190 g/mol. The zero-order chi connectivity index (χ0) is 8.23. The maximum atomic E-state index is 5.47. The minimum atomic E-state index is 0.823. The van der Waals surface area contributed by atoms with Crippen LogP contribution in [-0.4, -0.2) is 48.3 Å². The van der Waals surface area contributed by atoms with Crippen molar-refractivity contribution in [3.63, 3.8) is 0 Å². The normalized spacial score (nSPS) is 32.0. The van der Waals surface area contributed by atoms with Crippen molar-refractivity contribution in [3.8, 4) is 0 Å². The van der Waals surface area contributed by atoms with Crippen LogP contribution in [0.3, 0.4) is 0 Å². The van der Waals surface area contributed by atoms with Crippen molar-refractivity contribution < 1.29 is 4.74 Å². The van der Waals surface area contributed by atoms with Crippen LogP contribution in [-0.2, 0) is 4.74 Å². The molecule has 0 spiro atoms. The van der Waals surface area contributed by atoms with Gasteiger partial charge in [-0.3, -0.25) is 0 Å². The van der Waals surface area contributed by atoms with Crippen LogP contribution < -0.4 is 5.32 Å². The van der Waals surface area contributed by atoms with Crippen molar-refractivity contribution in [3.05, 3.63) is 0 Å². The Hall–Kier alpha value is 0.620. The summed E-state index contributed by atoms with van der Waals surface area (Å²) in [6, 6.07) is 0. The van der Waals surface area contributed by atoms with Crippen molar-refractivity contribution in [2.75, 3.05) is 37.8 Å². The van der Waals surface area contributed by atoms with Gasteiger partial charge >= 0.3 is 0 Å². The zero-order valence-corrected chi connectivity index (χ0v) is 8.76. The van der Waals surface area contributed by atoms with E-state index in [9.17, 15) is 0 Å². The first-order valence-electron chi connectivity index (χ1n) is 4.47. The Morgan fingerprint density at radius 1 is 1.25 bits per heavy atom. The minimum Gasteiger partial charge on any atom is -0.379 e. The van der Waals surface area contributed by atoms with Crippen LogP contribution in [0, 0.1) is 0 Å². The second-order valence-corrected chi connectivity index (χ2v) is 5.86. The number of rotatable bonds is 7. The van der Waals surface area contributed by atoms with E-state index in [0.717, 1.165) is 30.3 Å². The van der Waals surface area contributed by atoms with E-state index in [2.05, 4.69) is 5.32 Å². The Bertz CT molecular complexity index is 121. The largest absolute Gasteiger partial charge is 0.379 e. The minimum absolute atomic E-state index is 0.823. The summed E-state index contributed by atoms with van der Waals surface area (Å²) < 4.78 is 5.47. The van der Waals surface area contributed by atoms with Gasteiger partial charge in [0.15, 0.2) is 0 Å². The maximum absolute atomic E-state index is 5.47. The molecule has 4 heteroatoms. The second-order valence-electron chi connectivity index (χ2n) is 3.19. The maximum Gasteiger partial charge on any atom is 0.0593 e. The Kier molecular flexibility index (Phi) is 3.63. The summed E-state index contributed by atoms with van der Waals surface area (Å²) in [5, 5.41) is 5.12. The van der Waals surface area contributed by atoms with Crippen LogP contribution in [0.4, 0.5) is 0 Å². The average Bonchev–Trinajstić information content (AvgIpc) is 2.89. The van der Waals surface area contributed by atoms with Gasteiger partial charge < -0.3 is 10.1 Å². The molecule has 0 aliphatic carbocycles. The molecule has 0 bridgehead atoms. The van der Waals surface area contributed by atoms with Crippen LogP contribution in [0.25, 0.3) is 0 Å². The zero-order valence-electron chi connectivity index (χ0n) is 7.12. The fourth-order valence-corrected chi connectivity index (χ4v) is 1.89. The molecule has 2 saturated heterocycles. The van der Waals surface area contributed by atoms with Gasteiger partial charge in [0, 0.05) is 35.1 Å². The number of hydrogen-bond donors (Lipinski definition) is 1. The van der Waals surface area contributed by atoms with Crippen molar-refractivity contribution in [1.82, 2.24) is 5.32 Å². The molecule has 2 rings (SSSR count). The molecule has 1 N–H and O–H groups in total.